The molecule has 0 aromatic heterocycles. The summed E-state index contributed by atoms with van der Waals surface area (Å²) in [5, 5.41) is 10.6. The van der Waals surface area contributed by atoms with Crippen LogP contribution in [0.4, 0.5) is 0 Å². The fraction of sp³-hybridized carbons (Fsp3) is 0. The van der Waals surface area contributed by atoms with Gasteiger partial charge >= 0.3 is 6.08 Å². The summed E-state index contributed by atoms with van der Waals surface area (Å²) in [6.45, 7) is 0. The first-order valence-electron chi connectivity index (χ1n) is 1.24. The molecule has 0 atom stereocenters. The van der Waals surface area contributed by atoms with E-state index in [1.807, 2.05) is 0 Å². The Bertz CT molecular complexity index is 113. The molecule has 0 rings (SSSR count). The number of nitrogens with zero attached hydrogens (tertiary/aromatic N) is 2. The molecule has 0 spiro atoms. The summed E-state index contributed by atoms with van der Waals surface area (Å²) in [6.07, 6.45) is 0.921. The third kappa shape index (κ3) is 4.58. The Labute approximate surface area is 37.9 Å². The van der Waals surface area contributed by atoms with Crippen LogP contribution in [0.15, 0.2) is 5.10 Å². The van der Waals surface area contributed by atoms with Crippen LogP contribution in [0.25, 0.3) is 0 Å². The van der Waals surface area contributed by atoms with Gasteiger partial charge in [-0.1, -0.05) is 0 Å². The molecule has 6 nitrogen and oxygen atoms in total. The molecule has 0 aliphatic carbocycles. The Morgan fingerprint density at radius 1 is 1.86 bits per heavy atom. The van der Waals surface area contributed by atoms with Crippen LogP contribution in [-0.2, 0) is 4.79 Å². The minimum atomic E-state index is -0.967. The Morgan fingerprint density at radius 2 is 2.43 bits per heavy atom. The van der Waals surface area contributed by atoms with Crippen LogP contribution in [0.1, 0.15) is 0 Å². The Kier molecular flexibility index (Phi) is 2.23. The monoisotopic (exact) mass is 103 g/mol. The smallest absolute Gasteiger partial charge is 0.339 e. The summed E-state index contributed by atoms with van der Waals surface area (Å²) < 4.78 is 0. The van der Waals surface area contributed by atoms with Crippen molar-refractivity contribution in [1.29, 1.82) is 0 Å². The Balaban J connectivity index is 3.32. The maximum Gasteiger partial charge on any atom is 0.397 e. The molecule has 0 aliphatic heterocycles. The molecular formula is CHN3O3. The standard InChI is InChI=1S/CHN3O3/c5-1-2-3-4(6)7/h3H. The number of nitro groups is 1. The van der Waals surface area contributed by atoms with E-state index in [2.05, 4.69) is 5.10 Å². The lowest BCUT2D eigenvalue weighted by Crippen LogP contribution is -2.13. The fourth-order valence-electron chi connectivity index (χ4n) is 0.0612. The van der Waals surface area contributed by atoms with Crippen molar-refractivity contribution in [1.82, 2.24) is 5.53 Å². The molecule has 1 N–H and O–H groups in total. The van der Waals surface area contributed by atoms with Gasteiger partial charge in [0.25, 0.3) is 0 Å². The summed E-state index contributed by atoms with van der Waals surface area (Å²) >= 11 is 0. The topological polar surface area (TPSA) is 84.6 Å². The molecule has 0 unspecified atom stereocenters. The maximum atomic E-state index is 9.18. The minimum Gasteiger partial charge on any atom is -0.339 e. The van der Waals surface area contributed by atoms with Crippen molar-refractivity contribution < 1.29 is 9.83 Å². The molecule has 7 heavy (non-hydrogen) atoms. The number of isocyanates is 1. The Morgan fingerprint density at radius 3 is 2.57 bits per heavy atom. The van der Waals surface area contributed by atoms with Crippen molar-refractivity contribution in [3.8, 4) is 0 Å². The van der Waals surface area contributed by atoms with Crippen LogP contribution >= 0.6 is 0 Å². The summed E-state index contributed by atoms with van der Waals surface area (Å²) in [4.78, 5) is 18.2. The zero-order valence-corrected chi connectivity index (χ0v) is 3.12. The quantitative estimate of drug-likeness (QED) is 0.210. The van der Waals surface area contributed by atoms with E-state index < -0.39 is 5.03 Å². The van der Waals surface area contributed by atoms with Crippen LogP contribution in [0.5, 0.6) is 0 Å². The maximum absolute atomic E-state index is 9.18. The largest absolute Gasteiger partial charge is 0.397 e. The number of hydrogen-bond donors (Lipinski definition) is 1. The molecule has 6 heteroatoms. The summed E-state index contributed by atoms with van der Waals surface area (Å²) in [5.41, 5.74) is 1.22. The second kappa shape index (κ2) is 2.80. The lowest BCUT2D eigenvalue weighted by molar-refractivity contribution is -0.544. The van der Waals surface area contributed by atoms with Crippen molar-refractivity contribution >= 4 is 6.08 Å². The molecular weight excluding hydrogens is 102 g/mol. The molecule has 0 aromatic carbocycles. The number of carbonyl (C=O) groups excluding carboxylic acids is 1. The predicted octanol–water partition coefficient (Wildman–Crippen LogP) is -0.982. The minimum absolute atomic E-state index is 0.921. The van der Waals surface area contributed by atoms with E-state index in [0.717, 1.165) is 6.08 Å². The van der Waals surface area contributed by atoms with Crippen LogP contribution in [-0.4, -0.2) is 11.1 Å². The highest BCUT2D eigenvalue weighted by Gasteiger charge is 1.79. The van der Waals surface area contributed by atoms with E-state index in [1.54, 1.807) is 0 Å². The van der Waals surface area contributed by atoms with Crippen molar-refractivity contribution in [2.75, 3.05) is 0 Å². The number of hydrogen-bond acceptors (Lipinski definition) is 4. The van der Waals surface area contributed by atoms with Gasteiger partial charge in [0.2, 0.25) is 0 Å². The van der Waals surface area contributed by atoms with E-state index >= 15 is 0 Å². The predicted molar refractivity (Wildman–Crippen MR) is 18.3 cm³/mol. The van der Waals surface area contributed by atoms with Gasteiger partial charge < -0.3 is 10.1 Å². The molecule has 38 valence electrons. The molecule has 0 bridgehead atoms. The molecule has 0 radical (unpaired) electrons. The zero-order valence-electron chi connectivity index (χ0n) is 3.12. The van der Waals surface area contributed by atoms with Gasteiger partial charge in [0.05, 0.1) is 5.03 Å². The Hall–Kier alpha value is -1.42. The third-order valence-corrected chi connectivity index (χ3v) is 0.177. The first-order chi connectivity index (χ1) is 3.27. The van der Waals surface area contributed by atoms with E-state index in [9.17, 15) is 10.1 Å². The number of nitrogens with one attached hydrogen (secondary N) is 1. The van der Waals surface area contributed by atoms with Gasteiger partial charge in [-0.3, -0.25) is 0 Å². The summed E-state index contributed by atoms with van der Waals surface area (Å²) in [7, 11) is 0. The average molecular weight is 103 g/mol. The van der Waals surface area contributed by atoms with Gasteiger partial charge in [0.15, 0.2) is 0 Å². The lowest BCUT2D eigenvalue weighted by atomic mass is 11.6. The van der Waals surface area contributed by atoms with Crippen molar-refractivity contribution in [2.45, 2.75) is 0 Å². The van der Waals surface area contributed by atoms with Gasteiger partial charge in [-0.25, -0.2) is 0 Å². The zero-order chi connectivity index (χ0) is 5.70. The van der Waals surface area contributed by atoms with E-state index in [1.165, 1.54) is 5.53 Å². The fourth-order valence-corrected chi connectivity index (χ4v) is 0.0612. The van der Waals surface area contributed by atoms with Crippen LogP contribution in [0.3, 0.4) is 0 Å². The molecule has 0 aromatic rings. The van der Waals surface area contributed by atoms with Crippen molar-refractivity contribution in [2.24, 2.45) is 5.10 Å². The first-order valence-corrected chi connectivity index (χ1v) is 1.24. The normalized spacial score (nSPS) is 6.29. The van der Waals surface area contributed by atoms with Crippen molar-refractivity contribution in [3.63, 3.8) is 0 Å². The second-order valence-electron chi connectivity index (χ2n) is 0.560. The van der Waals surface area contributed by atoms with Gasteiger partial charge in [-0.2, -0.15) is 4.79 Å². The van der Waals surface area contributed by atoms with Crippen LogP contribution in [0, 0.1) is 10.1 Å². The molecule has 0 saturated carbocycles. The molecule has 0 fully saturated rings. The highest BCUT2D eigenvalue weighted by atomic mass is 16.7. The first kappa shape index (κ1) is 5.58. The third-order valence-electron chi connectivity index (χ3n) is 0.177. The summed E-state index contributed by atoms with van der Waals surface area (Å²) in [6, 6.07) is 0. The molecule has 0 heterocycles. The van der Waals surface area contributed by atoms with Crippen molar-refractivity contribution in [3.05, 3.63) is 10.1 Å². The second-order valence-corrected chi connectivity index (χ2v) is 0.560. The van der Waals surface area contributed by atoms with E-state index in [4.69, 9.17) is 4.79 Å². The number of hydrazone groups is 1. The highest BCUT2D eigenvalue weighted by Crippen LogP contribution is 1.51. The highest BCUT2D eigenvalue weighted by molar-refractivity contribution is 5.31. The van der Waals surface area contributed by atoms with E-state index in [-0.39, 0.29) is 0 Å². The molecule has 0 amide bonds. The van der Waals surface area contributed by atoms with Gasteiger partial charge in [-0.05, 0) is 5.53 Å². The van der Waals surface area contributed by atoms with Gasteiger partial charge in [0, 0.05) is 0 Å². The SMILES string of the molecule is O=C=NN[N+](=O)[O-]. The molecule has 0 aliphatic rings. The van der Waals surface area contributed by atoms with Gasteiger partial charge in [-0.15, -0.1) is 0 Å². The van der Waals surface area contributed by atoms with E-state index in [0.29, 0.717) is 0 Å². The summed E-state index contributed by atoms with van der Waals surface area (Å²) in [5.74, 6) is 0. The van der Waals surface area contributed by atoms with Gasteiger partial charge in [0.1, 0.15) is 5.10 Å². The van der Waals surface area contributed by atoms with Crippen LogP contribution in [0.2, 0.25) is 0 Å². The van der Waals surface area contributed by atoms with Crippen LogP contribution < -0.4 is 5.53 Å². The molecule has 0 saturated heterocycles. The average Bonchev–Trinajstić information content (AvgIpc) is 1.61. The number of rotatable bonds is 2. The number of hydrazine groups is 1. The lowest BCUT2D eigenvalue weighted by Gasteiger charge is -1.80.